The molecule has 1 fully saturated rings. The van der Waals surface area contributed by atoms with Gasteiger partial charge in [0.25, 0.3) is 5.91 Å². The molecule has 120 valence electrons. The summed E-state index contributed by atoms with van der Waals surface area (Å²) in [6, 6.07) is 5.81. The second kappa shape index (κ2) is 7.44. The van der Waals surface area contributed by atoms with E-state index >= 15 is 0 Å². The number of rotatable bonds is 5. The first-order valence-electron chi connectivity index (χ1n) is 7.67. The zero-order valence-corrected chi connectivity index (χ0v) is 13.6. The highest BCUT2D eigenvalue weighted by atomic mass is 32.1. The monoisotopic (exact) mass is 329 g/mol. The molecule has 23 heavy (non-hydrogen) atoms. The average Bonchev–Trinajstić information content (AvgIpc) is 3.26. The Hall–Kier alpha value is -2.10. The predicted octanol–water partition coefficient (Wildman–Crippen LogP) is 2.64. The number of terminal acetylenes is 1. The third-order valence-electron chi connectivity index (χ3n) is 3.93. The van der Waals surface area contributed by atoms with Gasteiger partial charge in [0, 0.05) is 19.0 Å². The molecule has 5 nitrogen and oxygen atoms in total. The second-order valence-electron chi connectivity index (χ2n) is 5.62. The third kappa shape index (κ3) is 3.81. The molecule has 0 radical (unpaired) electrons. The second-order valence-corrected chi connectivity index (χ2v) is 6.57. The summed E-state index contributed by atoms with van der Waals surface area (Å²) in [6.45, 7) is 2.40. The van der Waals surface area contributed by atoms with Crippen LogP contribution in [0.4, 0.5) is 0 Å². The van der Waals surface area contributed by atoms with Crippen molar-refractivity contribution in [2.45, 2.75) is 12.8 Å². The van der Waals surface area contributed by atoms with Crippen LogP contribution in [0.3, 0.4) is 0 Å². The molecule has 6 heteroatoms. The van der Waals surface area contributed by atoms with Gasteiger partial charge in [0.2, 0.25) is 0 Å². The van der Waals surface area contributed by atoms with E-state index in [9.17, 15) is 4.79 Å². The Kier molecular flexibility index (Phi) is 5.11. The lowest BCUT2D eigenvalue weighted by molar-refractivity contribution is 0.0529. The van der Waals surface area contributed by atoms with E-state index in [1.807, 2.05) is 28.5 Å². The van der Waals surface area contributed by atoms with Crippen LogP contribution in [0.5, 0.6) is 0 Å². The molecule has 1 N–H and O–H groups in total. The number of hydrogen-bond acceptors (Lipinski definition) is 4. The van der Waals surface area contributed by atoms with E-state index < -0.39 is 0 Å². The van der Waals surface area contributed by atoms with Gasteiger partial charge < -0.3 is 9.64 Å². The minimum atomic E-state index is -0.0225. The standard InChI is InChI=1S/C17H19N3O2S/c1-2-8-22-12-13-5-3-7-20(11-13)17(21)15-10-14(18-19-15)16-6-4-9-23-16/h1,4,6,9-10,13H,3,5,7-8,11-12H2,(H,18,19). The van der Waals surface area contributed by atoms with Crippen LogP contribution < -0.4 is 0 Å². The Morgan fingerprint density at radius 2 is 2.52 bits per heavy atom. The zero-order valence-electron chi connectivity index (χ0n) is 12.8. The maximum absolute atomic E-state index is 12.6. The van der Waals surface area contributed by atoms with Crippen molar-refractivity contribution >= 4 is 17.2 Å². The van der Waals surface area contributed by atoms with Crippen molar-refractivity contribution in [2.75, 3.05) is 26.3 Å². The highest BCUT2D eigenvalue weighted by molar-refractivity contribution is 7.13. The number of H-pyrrole nitrogens is 1. The largest absolute Gasteiger partial charge is 0.368 e. The van der Waals surface area contributed by atoms with E-state index in [-0.39, 0.29) is 5.91 Å². The summed E-state index contributed by atoms with van der Waals surface area (Å²) in [6.07, 6.45) is 7.24. The molecule has 3 rings (SSSR count). The van der Waals surface area contributed by atoms with Crippen molar-refractivity contribution in [3.05, 3.63) is 29.3 Å². The van der Waals surface area contributed by atoms with Crippen LogP contribution in [0.15, 0.2) is 23.6 Å². The van der Waals surface area contributed by atoms with E-state index in [0.29, 0.717) is 31.4 Å². The van der Waals surface area contributed by atoms with E-state index in [1.54, 1.807) is 11.3 Å². The van der Waals surface area contributed by atoms with Gasteiger partial charge in [0.15, 0.2) is 5.69 Å². The van der Waals surface area contributed by atoms with Crippen LogP contribution in [-0.4, -0.2) is 47.3 Å². The number of hydrogen-bond donors (Lipinski definition) is 1. The fourth-order valence-electron chi connectivity index (χ4n) is 2.82. The molecule has 1 amide bonds. The Labute approximate surface area is 139 Å². The normalized spacial score (nSPS) is 17.9. The Balaban J connectivity index is 1.62. The molecule has 1 saturated heterocycles. The molecule has 1 unspecified atom stereocenters. The lowest BCUT2D eigenvalue weighted by Gasteiger charge is -2.32. The minimum Gasteiger partial charge on any atom is -0.368 e. The number of aromatic amines is 1. The highest BCUT2D eigenvalue weighted by Crippen LogP contribution is 2.24. The van der Waals surface area contributed by atoms with Crippen molar-refractivity contribution in [1.29, 1.82) is 0 Å². The summed E-state index contributed by atoms with van der Waals surface area (Å²) in [4.78, 5) is 15.6. The molecular formula is C17H19N3O2S. The molecular weight excluding hydrogens is 310 g/mol. The SMILES string of the molecule is C#CCOCC1CCCN(C(=O)c2cc(-c3cccs3)[nH]n2)C1. The maximum atomic E-state index is 12.6. The quantitative estimate of drug-likeness (QED) is 0.678. The molecule has 2 aromatic heterocycles. The molecule has 3 heterocycles. The van der Waals surface area contributed by atoms with Gasteiger partial charge >= 0.3 is 0 Å². The van der Waals surface area contributed by atoms with Crippen molar-refractivity contribution < 1.29 is 9.53 Å². The van der Waals surface area contributed by atoms with Gasteiger partial charge in [-0.05, 0) is 30.4 Å². The third-order valence-corrected chi connectivity index (χ3v) is 4.83. The van der Waals surface area contributed by atoms with Gasteiger partial charge in [-0.25, -0.2) is 0 Å². The summed E-state index contributed by atoms with van der Waals surface area (Å²) in [5, 5.41) is 9.13. The van der Waals surface area contributed by atoms with Gasteiger partial charge in [-0.2, -0.15) is 5.10 Å². The molecule has 0 spiro atoms. The zero-order chi connectivity index (χ0) is 16.1. The number of carbonyl (C=O) groups excluding carboxylic acids is 1. The summed E-state index contributed by atoms with van der Waals surface area (Å²) >= 11 is 1.62. The maximum Gasteiger partial charge on any atom is 0.274 e. The van der Waals surface area contributed by atoms with Crippen LogP contribution in [0, 0.1) is 18.3 Å². The van der Waals surface area contributed by atoms with Crippen LogP contribution in [-0.2, 0) is 4.74 Å². The lowest BCUT2D eigenvalue weighted by atomic mass is 9.98. The van der Waals surface area contributed by atoms with Crippen molar-refractivity contribution in [1.82, 2.24) is 15.1 Å². The number of nitrogens with one attached hydrogen (secondary N) is 1. The molecule has 2 aromatic rings. The number of amides is 1. The topological polar surface area (TPSA) is 58.2 Å². The Morgan fingerprint density at radius 3 is 3.30 bits per heavy atom. The summed E-state index contributed by atoms with van der Waals surface area (Å²) in [5.74, 6) is 2.79. The fraction of sp³-hybridized carbons (Fsp3) is 0.412. The van der Waals surface area contributed by atoms with E-state index in [0.717, 1.165) is 30.0 Å². The first-order chi connectivity index (χ1) is 11.3. The fourth-order valence-corrected chi connectivity index (χ4v) is 3.51. The molecule has 0 aromatic carbocycles. The summed E-state index contributed by atoms with van der Waals surface area (Å²) in [5.41, 5.74) is 1.35. The number of thiophene rings is 1. The smallest absolute Gasteiger partial charge is 0.274 e. The molecule has 0 bridgehead atoms. The number of nitrogens with zero attached hydrogens (tertiary/aromatic N) is 2. The highest BCUT2D eigenvalue weighted by Gasteiger charge is 2.26. The van der Waals surface area contributed by atoms with Crippen LogP contribution in [0.2, 0.25) is 0 Å². The van der Waals surface area contributed by atoms with Crippen molar-refractivity contribution in [3.8, 4) is 22.9 Å². The van der Waals surface area contributed by atoms with Gasteiger partial charge in [0.1, 0.15) is 6.61 Å². The molecule has 1 aliphatic rings. The average molecular weight is 329 g/mol. The number of carbonyl (C=O) groups is 1. The number of aromatic nitrogens is 2. The van der Waals surface area contributed by atoms with Crippen molar-refractivity contribution in [3.63, 3.8) is 0 Å². The van der Waals surface area contributed by atoms with E-state index in [2.05, 4.69) is 16.1 Å². The summed E-state index contributed by atoms with van der Waals surface area (Å²) in [7, 11) is 0. The molecule has 1 atom stereocenters. The summed E-state index contributed by atoms with van der Waals surface area (Å²) < 4.78 is 5.41. The number of likely N-dealkylation sites (tertiary alicyclic amines) is 1. The Morgan fingerprint density at radius 1 is 1.61 bits per heavy atom. The van der Waals surface area contributed by atoms with Crippen LogP contribution in [0.25, 0.3) is 10.6 Å². The van der Waals surface area contributed by atoms with E-state index in [1.165, 1.54) is 0 Å². The number of piperidine rings is 1. The van der Waals surface area contributed by atoms with Crippen molar-refractivity contribution in [2.24, 2.45) is 5.92 Å². The first-order valence-corrected chi connectivity index (χ1v) is 8.55. The van der Waals surface area contributed by atoms with Gasteiger partial charge in [0.05, 0.1) is 17.2 Å². The van der Waals surface area contributed by atoms with Gasteiger partial charge in [-0.1, -0.05) is 12.0 Å². The Bertz CT molecular complexity index is 687. The molecule has 1 aliphatic heterocycles. The van der Waals surface area contributed by atoms with Gasteiger partial charge in [-0.15, -0.1) is 17.8 Å². The minimum absolute atomic E-state index is 0.0225. The van der Waals surface area contributed by atoms with Crippen LogP contribution >= 0.6 is 11.3 Å². The van der Waals surface area contributed by atoms with E-state index in [4.69, 9.17) is 11.2 Å². The first kappa shape index (κ1) is 15.8. The number of ether oxygens (including phenoxy) is 1. The van der Waals surface area contributed by atoms with Crippen LogP contribution in [0.1, 0.15) is 23.3 Å². The molecule has 0 aliphatic carbocycles. The van der Waals surface area contributed by atoms with Gasteiger partial charge in [-0.3, -0.25) is 9.89 Å². The predicted molar refractivity (Wildman–Crippen MR) is 90.2 cm³/mol. The lowest BCUT2D eigenvalue weighted by Crippen LogP contribution is -2.41. The molecule has 0 saturated carbocycles.